The van der Waals surface area contributed by atoms with E-state index in [-0.39, 0.29) is 30.4 Å². The molecule has 1 heterocycles. The van der Waals surface area contributed by atoms with Gasteiger partial charge in [0.15, 0.2) is 0 Å². The average molecular weight is 361 g/mol. The number of carboxylic acids is 1. The molecule has 1 saturated heterocycles. The maximum Gasteiger partial charge on any atom is 0.337 e. The van der Waals surface area contributed by atoms with Crippen molar-refractivity contribution in [3.05, 3.63) is 27.3 Å². The first kappa shape index (κ1) is 13.3. The summed E-state index contributed by atoms with van der Waals surface area (Å²) in [6, 6.07) is 4.95. The minimum atomic E-state index is -1.05. The van der Waals surface area contributed by atoms with Gasteiger partial charge < -0.3 is 15.1 Å². The van der Waals surface area contributed by atoms with E-state index < -0.39 is 5.97 Å². The first-order chi connectivity index (χ1) is 8.52. The van der Waals surface area contributed by atoms with Crippen LogP contribution in [0.2, 0.25) is 0 Å². The van der Waals surface area contributed by atoms with Gasteiger partial charge in [-0.1, -0.05) is 0 Å². The van der Waals surface area contributed by atoms with Crippen LogP contribution in [0.15, 0.2) is 18.2 Å². The van der Waals surface area contributed by atoms with Gasteiger partial charge in [-0.2, -0.15) is 0 Å². The molecule has 96 valence electrons. The number of hydrogen-bond acceptors (Lipinski definition) is 3. The van der Waals surface area contributed by atoms with Gasteiger partial charge in [0.05, 0.1) is 11.3 Å². The Labute approximate surface area is 118 Å². The van der Waals surface area contributed by atoms with Crippen LogP contribution in [0, 0.1) is 9.49 Å². The van der Waals surface area contributed by atoms with E-state index in [4.69, 9.17) is 10.2 Å². The molecule has 0 radical (unpaired) electrons. The molecule has 1 aromatic rings. The largest absolute Gasteiger partial charge is 0.478 e. The monoisotopic (exact) mass is 361 g/mol. The van der Waals surface area contributed by atoms with Gasteiger partial charge in [0.1, 0.15) is 0 Å². The number of carbonyl (C=O) groups excluding carboxylic acids is 1. The van der Waals surface area contributed by atoms with E-state index in [1.165, 1.54) is 11.0 Å². The van der Waals surface area contributed by atoms with Crippen molar-refractivity contribution in [3.63, 3.8) is 0 Å². The number of aliphatic hydroxyl groups excluding tert-OH is 1. The molecular weight excluding hydrogens is 349 g/mol. The maximum atomic E-state index is 11.8. The zero-order valence-corrected chi connectivity index (χ0v) is 11.6. The number of anilines is 1. The Morgan fingerprint density at radius 1 is 1.50 bits per heavy atom. The number of carbonyl (C=O) groups is 2. The predicted molar refractivity (Wildman–Crippen MR) is 73.7 cm³/mol. The summed E-state index contributed by atoms with van der Waals surface area (Å²) < 4.78 is 0.805. The average Bonchev–Trinajstić information content (AvgIpc) is 2.70. The number of hydrogen-bond donors (Lipinski definition) is 2. The molecule has 1 aliphatic rings. The number of rotatable bonds is 3. The Balaban J connectivity index is 2.39. The van der Waals surface area contributed by atoms with E-state index in [1.54, 1.807) is 12.1 Å². The second-order valence-electron chi connectivity index (χ2n) is 4.22. The van der Waals surface area contributed by atoms with Gasteiger partial charge in [0.2, 0.25) is 5.91 Å². The molecule has 0 bridgehead atoms. The molecule has 0 aromatic heterocycles. The number of carboxylic acid groups (broad SMARTS) is 1. The normalized spacial score (nSPS) is 19.3. The van der Waals surface area contributed by atoms with Gasteiger partial charge in [-0.15, -0.1) is 0 Å². The SMILES string of the molecule is O=C(O)c1cc(I)ccc1N1CC(CO)CC1=O. The number of aromatic carboxylic acids is 1. The highest BCUT2D eigenvalue weighted by Crippen LogP contribution is 2.29. The van der Waals surface area contributed by atoms with Gasteiger partial charge >= 0.3 is 5.97 Å². The summed E-state index contributed by atoms with van der Waals surface area (Å²) in [5, 5.41) is 18.2. The lowest BCUT2D eigenvalue weighted by molar-refractivity contribution is -0.117. The van der Waals surface area contributed by atoms with Gasteiger partial charge in [-0.25, -0.2) is 4.79 Å². The molecule has 1 aromatic carbocycles. The van der Waals surface area contributed by atoms with Gasteiger partial charge in [-0.3, -0.25) is 4.79 Å². The van der Waals surface area contributed by atoms with Crippen molar-refractivity contribution in [2.24, 2.45) is 5.92 Å². The van der Waals surface area contributed by atoms with E-state index in [0.717, 1.165) is 3.57 Å². The quantitative estimate of drug-likeness (QED) is 0.797. The number of nitrogens with zero attached hydrogens (tertiary/aromatic N) is 1. The van der Waals surface area contributed by atoms with Crippen molar-refractivity contribution in [1.82, 2.24) is 0 Å². The molecule has 0 saturated carbocycles. The van der Waals surface area contributed by atoms with Crippen LogP contribution in [0.5, 0.6) is 0 Å². The van der Waals surface area contributed by atoms with E-state index in [9.17, 15) is 9.59 Å². The maximum absolute atomic E-state index is 11.8. The van der Waals surface area contributed by atoms with Crippen molar-refractivity contribution >= 4 is 40.2 Å². The molecule has 1 unspecified atom stereocenters. The lowest BCUT2D eigenvalue weighted by Crippen LogP contribution is -2.27. The Morgan fingerprint density at radius 2 is 2.22 bits per heavy atom. The molecular formula is C12H12INO4. The minimum Gasteiger partial charge on any atom is -0.478 e. The lowest BCUT2D eigenvalue weighted by atomic mass is 10.1. The van der Waals surface area contributed by atoms with E-state index in [0.29, 0.717) is 12.2 Å². The van der Waals surface area contributed by atoms with Crippen molar-refractivity contribution in [1.29, 1.82) is 0 Å². The summed E-state index contributed by atoms with van der Waals surface area (Å²) in [5.41, 5.74) is 0.526. The van der Waals surface area contributed by atoms with Crippen molar-refractivity contribution in [2.45, 2.75) is 6.42 Å². The second-order valence-corrected chi connectivity index (χ2v) is 5.47. The molecule has 2 rings (SSSR count). The van der Waals surface area contributed by atoms with Crippen LogP contribution in [0.1, 0.15) is 16.8 Å². The van der Waals surface area contributed by atoms with Crippen molar-refractivity contribution < 1.29 is 19.8 Å². The fourth-order valence-corrected chi connectivity index (χ4v) is 2.54. The first-order valence-corrected chi connectivity index (χ1v) is 6.55. The Hall–Kier alpha value is -1.15. The predicted octanol–water partition coefficient (Wildman–Crippen LogP) is 1.33. The van der Waals surface area contributed by atoms with E-state index in [2.05, 4.69) is 0 Å². The molecule has 18 heavy (non-hydrogen) atoms. The summed E-state index contributed by atoms with van der Waals surface area (Å²) in [5.74, 6) is -1.31. The minimum absolute atomic E-state index is 0.0605. The first-order valence-electron chi connectivity index (χ1n) is 5.47. The molecule has 1 amide bonds. The topological polar surface area (TPSA) is 77.8 Å². The van der Waals surface area contributed by atoms with Crippen LogP contribution in [0.4, 0.5) is 5.69 Å². The van der Waals surface area contributed by atoms with Gasteiger partial charge in [0, 0.05) is 29.1 Å². The Bertz CT molecular complexity index is 503. The zero-order chi connectivity index (χ0) is 13.3. The highest BCUT2D eigenvalue weighted by Gasteiger charge is 2.32. The molecule has 1 aliphatic heterocycles. The van der Waals surface area contributed by atoms with Crippen LogP contribution in [0.25, 0.3) is 0 Å². The molecule has 0 spiro atoms. The van der Waals surface area contributed by atoms with Crippen molar-refractivity contribution in [3.8, 4) is 0 Å². The third-order valence-electron chi connectivity index (χ3n) is 2.94. The highest BCUT2D eigenvalue weighted by atomic mass is 127. The third-order valence-corrected chi connectivity index (χ3v) is 3.61. The van der Waals surface area contributed by atoms with Gasteiger partial charge in [-0.05, 0) is 40.8 Å². The molecule has 1 fully saturated rings. The molecule has 6 heteroatoms. The summed E-state index contributed by atoms with van der Waals surface area (Å²) in [6.45, 7) is 0.311. The lowest BCUT2D eigenvalue weighted by Gasteiger charge is -2.18. The van der Waals surface area contributed by atoms with Crippen molar-refractivity contribution in [2.75, 3.05) is 18.1 Å². The standard InChI is InChI=1S/C12H12INO4/c13-8-1-2-10(9(4-8)12(17)18)14-5-7(6-15)3-11(14)16/h1-2,4,7,15H,3,5-6H2,(H,17,18). The summed E-state index contributed by atoms with van der Waals surface area (Å²) >= 11 is 2.03. The molecule has 5 nitrogen and oxygen atoms in total. The molecule has 1 atom stereocenters. The van der Waals surface area contributed by atoms with E-state index >= 15 is 0 Å². The number of amides is 1. The number of aliphatic hydroxyl groups is 1. The summed E-state index contributed by atoms with van der Waals surface area (Å²) in [7, 11) is 0. The van der Waals surface area contributed by atoms with Crippen LogP contribution >= 0.6 is 22.6 Å². The Morgan fingerprint density at radius 3 is 2.78 bits per heavy atom. The van der Waals surface area contributed by atoms with Crippen LogP contribution < -0.4 is 4.90 Å². The summed E-state index contributed by atoms with van der Waals surface area (Å²) in [4.78, 5) is 24.5. The van der Waals surface area contributed by atoms with Crippen LogP contribution in [0.3, 0.4) is 0 Å². The fraction of sp³-hybridized carbons (Fsp3) is 0.333. The molecule has 0 aliphatic carbocycles. The van der Waals surface area contributed by atoms with Crippen LogP contribution in [-0.2, 0) is 4.79 Å². The second kappa shape index (κ2) is 5.23. The summed E-state index contributed by atoms with van der Waals surface area (Å²) in [6.07, 6.45) is 0.265. The zero-order valence-electron chi connectivity index (χ0n) is 9.47. The highest BCUT2D eigenvalue weighted by molar-refractivity contribution is 14.1. The van der Waals surface area contributed by atoms with E-state index in [1.807, 2.05) is 22.6 Å². The number of benzene rings is 1. The Kier molecular flexibility index (Phi) is 3.86. The third kappa shape index (κ3) is 2.49. The van der Waals surface area contributed by atoms with Crippen LogP contribution in [-0.4, -0.2) is 35.2 Å². The molecule has 2 N–H and O–H groups in total. The number of halogens is 1. The fourth-order valence-electron chi connectivity index (χ4n) is 2.05. The van der Waals surface area contributed by atoms with Gasteiger partial charge in [0.25, 0.3) is 0 Å². The smallest absolute Gasteiger partial charge is 0.337 e.